The van der Waals surface area contributed by atoms with Crippen LogP contribution in [0.4, 0.5) is 40.7 Å². The summed E-state index contributed by atoms with van der Waals surface area (Å²) in [6.45, 7) is 3.19. The Morgan fingerprint density at radius 2 is 1.89 bits per heavy atom. The van der Waals surface area contributed by atoms with Crippen molar-refractivity contribution in [1.82, 2.24) is 15.0 Å². The van der Waals surface area contributed by atoms with Crippen LogP contribution >= 0.6 is 0 Å². The van der Waals surface area contributed by atoms with Gasteiger partial charge in [-0.3, -0.25) is 9.78 Å². The van der Waals surface area contributed by atoms with Gasteiger partial charge in [-0.2, -0.15) is 23.3 Å². The van der Waals surface area contributed by atoms with E-state index in [2.05, 4.69) is 30.5 Å². The van der Waals surface area contributed by atoms with Gasteiger partial charge in [0.15, 0.2) is 11.6 Å². The highest BCUT2D eigenvalue weighted by molar-refractivity contribution is 5.77. The molecule has 0 spiro atoms. The number of aromatic nitrogens is 3. The van der Waals surface area contributed by atoms with Crippen LogP contribution in [0.3, 0.4) is 0 Å². The number of ether oxygens (including phenoxy) is 1. The highest BCUT2D eigenvalue weighted by Gasteiger charge is 2.36. The first kappa shape index (κ1) is 26.9. The van der Waals surface area contributed by atoms with Crippen LogP contribution in [-0.2, 0) is 22.3 Å². The lowest BCUT2D eigenvalue weighted by Gasteiger charge is -2.27. The number of azo groups is 1. The van der Waals surface area contributed by atoms with Gasteiger partial charge in [-0.1, -0.05) is 6.07 Å². The summed E-state index contributed by atoms with van der Waals surface area (Å²) in [5.41, 5.74) is -0.303. The van der Waals surface area contributed by atoms with Gasteiger partial charge in [-0.05, 0) is 36.8 Å². The molecule has 0 amide bonds. The Morgan fingerprint density at radius 1 is 1.16 bits per heavy atom. The molecule has 4 rings (SSSR count). The van der Waals surface area contributed by atoms with E-state index in [1.165, 1.54) is 19.2 Å². The van der Waals surface area contributed by atoms with Crippen molar-refractivity contribution >= 4 is 29.1 Å². The number of carboxylic acids is 1. The first-order valence-electron chi connectivity index (χ1n) is 11.5. The molecule has 0 radical (unpaired) electrons. The summed E-state index contributed by atoms with van der Waals surface area (Å²) in [4.78, 5) is 25.1. The van der Waals surface area contributed by atoms with Crippen molar-refractivity contribution in [2.75, 3.05) is 36.5 Å². The first-order valence-corrected chi connectivity index (χ1v) is 11.5. The number of halogens is 4. The maximum atomic E-state index is 14.1. The summed E-state index contributed by atoms with van der Waals surface area (Å²) in [5, 5.41) is 19.9. The zero-order valence-electron chi connectivity index (χ0n) is 20.1. The molecule has 1 aliphatic heterocycles. The smallest absolute Gasteiger partial charge is 0.416 e. The van der Waals surface area contributed by atoms with Crippen LogP contribution in [0.25, 0.3) is 0 Å². The molecule has 200 valence electrons. The van der Waals surface area contributed by atoms with Gasteiger partial charge in [0.1, 0.15) is 6.54 Å². The maximum absolute atomic E-state index is 14.1. The fourth-order valence-electron chi connectivity index (χ4n) is 3.71. The topological polar surface area (TPSA) is 125 Å². The molecule has 1 saturated heterocycles. The van der Waals surface area contributed by atoms with E-state index < -0.39 is 29.4 Å². The number of hydrogen-bond donors (Lipinski definition) is 2. The summed E-state index contributed by atoms with van der Waals surface area (Å²) in [6, 6.07) is 6.60. The van der Waals surface area contributed by atoms with E-state index in [1.807, 2.05) is 0 Å². The molecule has 3 aromatic rings. The van der Waals surface area contributed by atoms with Gasteiger partial charge in [0.05, 0.1) is 48.5 Å². The summed E-state index contributed by atoms with van der Waals surface area (Å²) < 4.78 is 60.0. The number of aliphatic carboxylic acids is 1. The molecule has 14 heteroatoms. The third kappa shape index (κ3) is 6.56. The molecule has 1 unspecified atom stereocenters. The van der Waals surface area contributed by atoms with Crippen LogP contribution in [0.15, 0.2) is 53.0 Å². The molecule has 2 aromatic heterocycles. The number of carbonyl (C=O) groups is 1. The Labute approximate surface area is 214 Å². The van der Waals surface area contributed by atoms with Crippen LogP contribution in [-0.4, -0.2) is 52.3 Å². The summed E-state index contributed by atoms with van der Waals surface area (Å²) >= 11 is 0. The highest BCUT2D eigenvalue weighted by Crippen LogP contribution is 2.37. The largest absolute Gasteiger partial charge is 0.481 e. The van der Waals surface area contributed by atoms with E-state index in [0.717, 1.165) is 18.3 Å². The van der Waals surface area contributed by atoms with Gasteiger partial charge in [0, 0.05) is 18.8 Å². The van der Waals surface area contributed by atoms with Crippen molar-refractivity contribution in [2.45, 2.75) is 25.6 Å². The van der Waals surface area contributed by atoms with Gasteiger partial charge in [-0.15, -0.1) is 5.11 Å². The third-order valence-corrected chi connectivity index (χ3v) is 5.73. The number of nitrogens with zero attached hydrogens (tertiary/aromatic N) is 6. The SMILES string of the molecule is CC(C(=O)O)c1ccc(Nc2ccc(CN=Nc3ncc(F)c(N4CCOCC4)n3)nc2)cc1C(F)(F)F. The molecule has 0 aliphatic carbocycles. The summed E-state index contributed by atoms with van der Waals surface area (Å²) in [7, 11) is 0. The van der Waals surface area contributed by atoms with Crippen molar-refractivity contribution in [1.29, 1.82) is 0 Å². The molecule has 0 bridgehead atoms. The van der Waals surface area contributed by atoms with Gasteiger partial charge >= 0.3 is 12.1 Å². The van der Waals surface area contributed by atoms with Gasteiger partial charge < -0.3 is 20.1 Å². The van der Waals surface area contributed by atoms with Crippen LogP contribution < -0.4 is 10.2 Å². The van der Waals surface area contributed by atoms with E-state index >= 15 is 0 Å². The molecule has 2 N–H and O–H groups in total. The lowest BCUT2D eigenvalue weighted by atomic mass is 9.95. The predicted octanol–water partition coefficient (Wildman–Crippen LogP) is 5.08. The molecule has 10 nitrogen and oxygen atoms in total. The Hall–Kier alpha value is -4.20. The van der Waals surface area contributed by atoms with Crippen molar-refractivity contribution in [3.05, 3.63) is 65.4 Å². The Kier molecular flexibility index (Phi) is 8.10. The Morgan fingerprint density at radius 3 is 2.55 bits per heavy atom. The molecule has 1 aliphatic rings. The average Bonchev–Trinajstić information content (AvgIpc) is 2.90. The third-order valence-electron chi connectivity index (χ3n) is 5.73. The van der Waals surface area contributed by atoms with Crippen molar-refractivity contribution < 1.29 is 32.2 Å². The number of benzene rings is 1. The number of morpholine rings is 1. The minimum absolute atomic E-state index is 0.00712. The second-order valence-electron chi connectivity index (χ2n) is 8.36. The molecule has 38 heavy (non-hydrogen) atoms. The number of anilines is 3. The number of nitrogens with one attached hydrogen (secondary N) is 1. The summed E-state index contributed by atoms with van der Waals surface area (Å²) in [5.74, 6) is -3.11. The van der Waals surface area contributed by atoms with Gasteiger partial charge in [0.2, 0.25) is 0 Å². The number of hydrogen-bond acceptors (Lipinski definition) is 9. The van der Waals surface area contributed by atoms with E-state index in [9.17, 15) is 22.4 Å². The van der Waals surface area contributed by atoms with Crippen LogP contribution in [0.1, 0.15) is 29.7 Å². The average molecular weight is 533 g/mol. The number of pyridine rings is 1. The van der Waals surface area contributed by atoms with E-state index in [-0.39, 0.29) is 29.6 Å². The number of rotatable bonds is 8. The zero-order valence-corrected chi connectivity index (χ0v) is 20.1. The molecule has 0 saturated carbocycles. The van der Waals surface area contributed by atoms with Crippen molar-refractivity contribution in [3.63, 3.8) is 0 Å². The lowest BCUT2D eigenvalue weighted by Crippen LogP contribution is -2.37. The summed E-state index contributed by atoms with van der Waals surface area (Å²) in [6.07, 6.45) is -2.28. The molecule has 3 heterocycles. The molecule has 1 atom stereocenters. The molecular weight excluding hydrogens is 510 g/mol. The van der Waals surface area contributed by atoms with Crippen LogP contribution in [0, 0.1) is 5.82 Å². The normalized spacial score (nSPS) is 15.0. The van der Waals surface area contributed by atoms with Crippen LogP contribution in [0.2, 0.25) is 0 Å². The van der Waals surface area contributed by atoms with Gasteiger partial charge in [0.25, 0.3) is 5.95 Å². The molecule has 1 aromatic carbocycles. The fraction of sp³-hybridized carbons (Fsp3) is 0.333. The fourth-order valence-corrected chi connectivity index (χ4v) is 3.71. The Bertz CT molecular complexity index is 1310. The highest BCUT2D eigenvalue weighted by atomic mass is 19.4. The van der Waals surface area contributed by atoms with Crippen molar-refractivity contribution in [3.8, 4) is 0 Å². The number of carboxylic acid groups (broad SMARTS) is 1. The lowest BCUT2D eigenvalue weighted by molar-refractivity contribution is -0.141. The molecule has 1 fully saturated rings. The monoisotopic (exact) mass is 533 g/mol. The zero-order chi connectivity index (χ0) is 27.3. The van der Waals surface area contributed by atoms with Crippen molar-refractivity contribution in [2.24, 2.45) is 10.2 Å². The minimum atomic E-state index is -4.72. The standard InChI is InChI=1S/C24H23F4N7O3/c1-14(22(36)37)18-5-4-15(10-19(18)24(26,27)28)32-17-3-2-16(29-11-17)12-31-34-23-30-13-20(25)21(33-23)35-6-8-38-9-7-35/h2-5,10-11,13-14,32H,6-9,12H2,1H3,(H,36,37). The maximum Gasteiger partial charge on any atom is 0.416 e. The van der Waals surface area contributed by atoms with E-state index in [1.54, 1.807) is 17.0 Å². The second kappa shape index (κ2) is 11.5. The van der Waals surface area contributed by atoms with Gasteiger partial charge in [-0.25, -0.2) is 9.37 Å². The predicted molar refractivity (Wildman–Crippen MR) is 128 cm³/mol. The Balaban J connectivity index is 1.41. The molecular formula is C24H23F4N7O3. The van der Waals surface area contributed by atoms with Crippen LogP contribution in [0.5, 0.6) is 0 Å². The quantitative estimate of drug-likeness (QED) is 0.303. The first-order chi connectivity index (χ1) is 18.1. The van der Waals surface area contributed by atoms with E-state index in [4.69, 9.17) is 9.84 Å². The second-order valence-corrected chi connectivity index (χ2v) is 8.36. The van der Waals surface area contributed by atoms with E-state index in [0.29, 0.717) is 37.7 Å². The minimum Gasteiger partial charge on any atom is -0.481 e. The number of alkyl halides is 3.